The van der Waals surface area contributed by atoms with Crippen molar-refractivity contribution >= 4 is 22.4 Å². The van der Waals surface area contributed by atoms with E-state index < -0.39 is 0 Å². The summed E-state index contributed by atoms with van der Waals surface area (Å²) in [4.78, 5) is 12.9. The smallest absolute Gasteiger partial charge is 0.259 e. The molecule has 1 amide bonds. The maximum atomic E-state index is 12.9. The van der Waals surface area contributed by atoms with Crippen LogP contribution in [-0.4, -0.2) is 5.91 Å². The van der Waals surface area contributed by atoms with E-state index in [0.717, 1.165) is 22.0 Å². The van der Waals surface area contributed by atoms with Gasteiger partial charge in [0, 0.05) is 11.1 Å². The Labute approximate surface area is 158 Å². The maximum Gasteiger partial charge on any atom is 0.259 e. The summed E-state index contributed by atoms with van der Waals surface area (Å²) in [6.07, 6.45) is 0. The molecule has 132 valence electrons. The van der Waals surface area contributed by atoms with Gasteiger partial charge >= 0.3 is 0 Å². The van der Waals surface area contributed by atoms with Gasteiger partial charge in [-0.05, 0) is 29.1 Å². The van der Waals surface area contributed by atoms with Crippen LogP contribution in [0.2, 0.25) is 0 Å². The second kappa shape index (κ2) is 7.75. The molecule has 0 saturated carbocycles. The van der Waals surface area contributed by atoms with Crippen LogP contribution < -0.4 is 10.1 Å². The van der Waals surface area contributed by atoms with E-state index in [0.29, 0.717) is 17.9 Å². The number of hydrogen-bond donors (Lipinski definition) is 1. The molecule has 0 unspecified atom stereocenters. The van der Waals surface area contributed by atoms with Crippen molar-refractivity contribution in [3.05, 3.63) is 108 Å². The Hall–Kier alpha value is -3.59. The lowest BCUT2D eigenvalue weighted by Crippen LogP contribution is -2.14. The standard InChI is InChI=1S/C24H19NO2/c26-24(25-22-15-8-12-19-11-4-5-13-20(19)22)21-14-6-7-16-23(21)27-17-18-9-2-1-3-10-18/h1-16H,17H2,(H,25,26). The first-order valence-corrected chi connectivity index (χ1v) is 8.86. The zero-order valence-electron chi connectivity index (χ0n) is 14.8. The minimum Gasteiger partial charge on any atom is -0.488 e. The largest absolute Gasteiger partial charge is 0.488 e. The van der Waals surface area contributed by atoms with E-state index in [1.54, 1.807) is 6.07 Å². The zero-order chi connectivity index (χ0) is 18.5. The van der Waals surface area contributed by atoms with Gasteiger partial charge in [-0.15, -0.1) is 0 Å². The molecular weight excluding hydrogens is 334 g/mol. The third-order valence-corrected chi connectivity index (χ3v) is 4.41. The van der Waals surface area contributed by atoms with Crippen molar-refractivity contribution in [1.82, 2.24) is 0 Å². The van der Waals surface area contributed by atoms with Crippen LogP contribution in [0, 0.1) is 0 Å². The SMILES string of the molecule is O=C(Nc1cccc2ccccc12)c1ccccc1OCc1ccccc1. The highest BCUT2D eigenvalue weighted by molar-refractivity contribution is 6.10. The number of fused-ring (bicyclic) bond motifs is 1. The normalized spacial score (nSPS) is 10.5. The van der Waals surface area contributed by atoms with Gasteiger partial charge in [0.2, 0.25) is 0 Å². The van der Waals surface area contributed by atoms with Crippen LogP contribution in [0.15, 0.2) is 97.1 Å². The Morgan fingerprint density at radius 2 is 1.44 bits per heavy atom. The van der Waals surface area contributed by atoms with E-state index >= 15 is 0 Å². The van der Waals surface area contributed by atoms with Crippen LogP contribution in [-0.2, 0) is 6.61 Å². The molecular formula is C24H19NO2. The topological polar surface area (TPSA) is 38.3 Å². The predicted octanol–water partition coefficient (Wildman–Crippen LogP) is 5.67. The number of hydrogen-bond acceptors (Lipinski definition) is 2. The molecule has 0 aliphatic carbocycles. The Morgan fingerprint density at radius 3 is 2.33 bits per heavy atom. The summed E-state index contributed by atoms with van der Waals surface area (Å²) in [5.74, 6) is 0.383. The van der Waals surface area contributed by atoms with Crippen molar-refractivity contribution < 1.29 is 9.53 Å². The molecule has 0 aliphatic heterocycles. The minimum atomic E-state index is -0.185. The minimum absolute atomic E-state index is 0.185. The van der Waals surface area contributed by atoms with E-state index in [1.807, 2.05) is 91.0 Å². The quantitative estimate of drug-likeness (QED) is 0.502. The number of para-hydroxylation sites is 1. The lowest BCUT2D eigenvalue weighted by molar-refractivity contribution is 0.102. The lowest BCUT2D eigenvalue weighted by Gasteiger charge is -2.13. The van der Waals surface area contributed by atoms with Crippen molar-refractivity contribution in [3.63, 3.8) is 0 Å². The fourth-order valence-corrected chi connectivity index (χ4v) is 3.04. The average Bonchev–Trinajstić information content (AvgIpc) is 2.73. The summed E-state index contributed by atoms with van der Waals surface area (Å²) in [6.45, 7) is 0.416. The first-order chi connectivity index (χ1) is 13.3. The fraction of sp³-hybridized carbons (Fsp3) is 0.0417. The van der Waals surface area contributed by atoms with Crippen molar-refractivity contribution in [2.75, 3.05) is 5.32 Å². The zero-order valence-corrected chi connectivity index (χ0v) is 14.8. The molecule has 4 aromatic rings. The number of amides is 1. The monoisotopic (exact) mass is 353 g/mol. The molecule has 0 aliphatic rings. The van der Waals surface area contributed by atoms with E-state index in [9.17, 15) is 4.79 Å². The Kier molecular flexibility index (Phi) is 4.84. The molecule has 0 heterocycles. The second-order valence-corrected chi connectivity index (χ2v) is 6.25. The number of benzene rings is 4. The predicted molar refractivity (Wildman–Crippen MR) is 109 cm³/mol. The Balaban J connectivity index is 1.57. The van der Waals surface area contributed by atoms with Crippen molar-refractivity contribution in [2.45, 2.75) is 6.61 Å². The maximum absolute atomic E-state index is 12.9. The first-order valence-electron chi connectivity index (χ1n) is 8.86. The van der Waals surface area contributed by atoms with Crippen molar-refractivity contribution in [2.24, 2.45) is 0 Å². The van der Waals surface area contributed by atoms with Gasteiger partial charge in [-0.2, -0.15) is 0 Å². The van der Waals surface area contributed by atoms with Crippen LogP contribution in [0.5, 0.6) is 5.75 Å². The van der Waals surface area contributed by atoms with Crippen LogP contribution >= 0.6 is 0 Å². The molecule has 0 spiro atoms. The Bertz CT molecular complexity index is 1070. The molecule has 0 saturated heterocycles. The molecule has 0 aromatic heterocycles. The number of nitrogens with one attached hydrogen (secondary N) is 1. The molecule has 3 heteroatoms. The Morgan fingerprint density at radius 1 is 0.741 bits per heavy atom. The van der Waals surface area contributed by atoms with Crippen molar-refractivity contribution in [3.8, 4) is 5.75 Å². The van der Waals surface area contributed by atoms with E-state index in [-0.39, 0.29) is 5.91 Å². The first kappa shape index (κ1) is 16.9. The van der Waals surface area contributed by atoms with Crippen LogP contribution in [0.3, 0.4) is 0 Å². The molecule has 4 aromatic carbocycles. The summed E-state index contributed by atoms with van der Waals surface area (Å²) in [7, 11) is 0. The van der Waals surface area contributed by atoms with E-state index in [2.05, 4.69) is 5.32 Å². The van der Waals surface area contributed by atoms with Crippen LogP contribution in [0.4, 0.5) is 5.69 Å². The molecule has 1 N–H and O–H groups in total. The van der Waals surface area contributed by atoms with Gasteiger partial charge in [0.1, 0.15) is 12.4 Å². The molecule has 0 atom stereocenters. The number of ether oxygens (including phenoxy) is 1. The van der Waals surface area contributed by atoms with Gasteiger partial charge in [-0.25, -0.2) is 0 Å². The van der Waals surface area contributed by atoms with Gasteiger partial charge in [0.15, 0.2) is 0 Å². The van der Waals surface area contributed by atoms with Gasteiger partial charge < -0.3 is 10.1 Å². The van der Waals surface area contributed by atoms with Gasteiger partial charge in [-0.3, -0.25) is 4.79 Å². The number of rotatable bonds is 5. The van der Waals surface area contributed by atoms with Gasteiger partial charge in [-0.1, -0.05) is 78.9 Å². The summed E-state index contributed by atoms with van der Waals surface area (Å²) in [5, 5.41) is 5.12. The van der Waals surface area contributed by atoms with E-state index in [4.69, 9.17) is 4.74 Å². The summed E-state index contributed by atoms with van der Waals surface area (Å²) in [6, 6.07) is 31.1. The van der Waals surface area contributed by atoms with Crippen molar-refractivity contribution in [1.29, 1.82) is 0 Å². The third kappa shape index (κ3) is 3.82. The number of carbonyl (C=O) groups is 1. The van der Waals surface area contributed by atoms with Gasteiger partial charge in [0.25, 0.3) is 5.91 Å². The van der Waals surface area contributed by atoms with Crippen LogP contribution in [0.25, 0.3) is 10.8 Å². The summed E-state index contributed by atoms with van der Waals surface area (Å²) < 4.78 is 5.91. The second-order valence-electron chi connectivity index (χ2n) is 6.25. The average molecular weight is 353 g/mol. The highest BCUT2D eigenvalue weighted by Crippen LogP contribution is 2.25. The third-order valence-electron chi connectivity index (χ3n) is 4.41. The van der Waals surface area contributed by atoms with Gasteiger partial charge in [0.05, 0.1) is 5.56 Å². The molecule has 0 fully saturated rings. The molecule has 4 rings (SSSR count). The summed E-state index contributed by atoms with van der Waals surface area (Å²) in [5.41, 5.74) is 2.36. The lowest BCUT2D eigenvalue weighted by atomic mass is 10.1. The highest BCUT2D eigenvalue weighted by atomic mass is 16.5. The molecule has 27 heavy (non-hydrogen) atoms. The van der Waals surface area contributed by atoms with Crippen LogP contribution in [0.1, 0.15) is 15.9 Å². The molecule has 0 radical (unpaired) electrons. The molecule has 0 bridgehead atoms. The highest BCUT2D eigenvalue weighted by Gasteiger charge is 2.13. The fourth-order valence-electron chi connectivity index (χ4n) is 3.04. The summed E-state index contributed by atoms with van der Waals surface area (Å²) >= 11 is 0. The molecule has 3 nitrogen and oxygen atoms in total. The van der Waals surface area contributed by atoms with E-state index in [1.165, 1.54) is 0 Å². The number of carbonyl (C=O) groups excluding carboxylic acids is 1. The number of anilines is 1.